The van der Waals surface area contributed by atoms with E-state index in [-0.39, 0.29) is 17.4 Å². The molecule has 0 atom stereocenters. The van der Waals surface area contributed by atoms with Crippen LogP contribution in [-0.2, 0) is 4.74 Å². The predicted molar refractivity (Wildman–Crippen MR) is 110 cm³/mol. The molecule has 0 radical (unpaired) electrons. The summed E-state index contributed by atoms with van der Waals surface area (Å²) >= 11 is 0. The molecule has 6 nitrogen and oxygen atoms in total. The highest BCUT2D eigenvalue weighted by Gasteiger charge is 2.29. The quantitative estimate of drug-likeness (QED) is 0.807. The van der Waals surface area contributed by atoms with Gasteiger partial charge in [0.15, 0.2) is 0 Å². The summed E-state index contributed by atoms with van der Waals surface area (Å²) in [6.07, 6.45) is 0. The predicted octanol–water partition coefficient (Wildman–Crippen LogP) is 2.78. The number of hydrogen-bond donors (Lipinski definition) is 2. The Balaban J connectivity index is 1.66. The minimum atomic E-state index is -0.241. The maximum absolute atomic E-state index is 12.8. The van der Waals surface area contributed by atoms with E-state index in [9.17, 15) is 9.59 Å². The fourth-order valence-electron chi connectivity index (χ4n) is 3.25. The van der Waals surface area contributed by atoms with Gasteiger partial charge in [-0.1, -0.05) is 30.3 Å². The second kappa shape index (κ2) is 8.99. The molecule has 6 heteroatoms. The van der Waals surface area contributed by atoms with Gasteiger partial charge < -0.3 is 15.4 Å². The molecule has 0 aromatic heterocycles. The molecule has 1 fully saturated rings. The largest absolute Gasteiger partial charge is 0.379 e. The van der Waals surface area contributed by atoms with E-state index in [1.807, 2.05) is 6.07 Å². The Hall–Kier alpha value is -2.70. The van der Waals surface area contributed by atoms with E-state index < -0.39 is 0 Å². The van der Waals surface area contributed by atoms with Crippen molar-refractivity contribution in [2.24, 2.45) is 0 Å². The Morgan fingerprint density at radius 2 is 1.61 bits per heavy atom. The van der Waals surface area contributed by atoms with Crippen molar-refractivity contribution in [1.29, 1.82) is 0 Å². The highest BCUT2D eigenvalue weighted by atomic mass is 16.5. The number of ether oxygens (including phenoxy) is 1. The maximum Gasteiger partial charge on any atom is 0.255 e. The number of anilines is 1. The van der Waals surface area contributed by atoms with Crippen LogP contribution in [0.4, 0.5) is 5.69 Å². The van der Waals surface area contributed by atoms with Crippen LogP contribution >= 0.6 is 0 Å². The Morgan fingerprint density at radius 1 is 0.964 bits per heavy atom. The molecule has 2 amide bonds. The molecule has 28 heavy (non-hydrogen) atoms. The highest BCUT2D eigenvalue weighted by Crippen LogP contribution is 2.18. The molecule has 1 saturated heterocycles. The maximum atomic E-state index is 12.8. The average Bonchev–Trinajstić information content (AvgIpc) is 2.74. The van der Waals surface area contributed by atoms with Gasteiger partial charge in [0.05, 0.1) is 24.5 Å². The Labute approximate surface area is 165 Å². The van der Waals surface area contributed by atoms with E-state index in [0.717, 1.165) is 13.1 Å². The molecule has 1 aliphatic heterocycles. The molecule has 0 saturated carbocycles. The smallest absolute Gasteiger partial charge is 0.255 e. The molecule has 3 rings (SSSR count). The molecule has 2 N–H and O–H groups in total. The van der Waals surface area contributed by atoms with Crippen molar-refractivity contribution in [2.45, 2.75) is 19.4 Å². The molecule has 0 aliphatic carbocycles. The number of nitrogens with zero attached hydrogens (tertiary/aromatic N) is 1. The lowest BCUT2D eigenvalue weighted by molar-refractivity contribution is -0.00923. The number of rotatable bonds is 6. The third-order valence-corrected chi connectivity index (χ3v) is 5.00. The van der Waals surface area contributed by atoms with Crippen LogP contribution in [0.15, 0.2) is 54.6 Å². The van der Waals surface area contributed by atoms with Crippen molar-refractivity contribution < 1.29 is 14.3 Å². The van der Waals surface area contributed by atoms with Crippen LogP contribution in [0, 0.1) is 0 Å². The summed E-state index contributed by atoms with van der Waals surface area (Å²) in [4.78, 5) is 27.6. The number of nitrogens with one attached hydrogen (secondary N) is 2. The minimum Gasteiger partial charge on any atom is -0.379 e. The Bertz CT molecular complexity index is 815. The summed E-state index contributed by atoms with van der Waals surface area (Å²) in [6.45, 7) is 7.87. The van der Waals surface area contributed by atoms with Crippen LogP contribution in [-0.4, -0.2) is 55.1 Å². The zero-order valence-corrected chi connectivity index (χ0v) is 16.4. The summed E-state index contributed by atoms with van der Waals surface area (Å²) in [7, 11) is 0. The molecule has 0 unspecified atom stereocenters. The van der Waals surface area contributed by atoms with Crippen molar-refractivity contribution in [3.63, 3.8) is 0 Å². The number of benzene rings is 2. The van der Waals surface area contributed by atoms with Crippen molar-refractivity contribution in [2.75, 3.05) is 38.2 Å². The van der Waals surface area contributed by atoms with Crippen molar-refractivity contribution in [3.8, 4) is 0 Å². The van der Waals surface area contributed by atoms with Gasteiger partial charge >= 0.3 is 0 Å². The Kier molecular flexibility index (Phi) is 6.44. The topological polar surface area (TPSA) is 70.7 Å². The molecule has 0 spiro atoms. The summed E-state index contributed by atoms with van der Waals surface area (Å²) in [5.41, 5.74) is 1.32. The number of amides is 2. The Morgan fingerprint density at radius 3 is 2.32 bits per heavy atom. The van der Waals surface area contributed by atoms with Gasteiger partial charge in [0.1, 0.15) is 0 Å². The molecular formula is C22H27N3O3. The van der Waals surface area contributed by atoms with Crippen molar-refractivity contribution >= 4 is 17.5 Å². The second-order valence-electron chi connectivity index (χ2n) is 7.46. The molecular weight excluding hydrogens is 354 g/mol. The number of para-hydroxylation sites is 1. The van der Waals surface area contributed by atoms with Gasteiger partial charge in [0.2, 0.25) is 0 Å². The zero-order valence-electron chi connectivity index (χ0n) is 16.4. The first-order chi connectivity index (χ1) is 13.5. The van der Waals surface area contributed by atoms with Crippen LogP contribution < -0.4 is 10.6 Å². The third-order valence-electron chi connectivity index (χ3n) is 5.00. The van der Waals surface area contributed by atoms with E-state index >= 15 is 0 Å². The van der Waals surface area contributed by atoms with Crippen LogP contribution in [0.1, 0.15) is 34.6 Å². The van der Waals surface area contributed by atoms with Gasteiger partial charge in [-0.2, -0.15) is 0 Å². The lowest BCUT2D eigenvalue weighted by atomic mass is 10.0. The van der Waals surface area contributed by atoms with Gasteiger partial charge in [-0.15, -0.1) is 0 Å². The summed E-state index contributed by atoms with van der Waals surface area (Å²) in [5.74, 6) is -0.445. The van der Waals surface area contributed by atoms with Crippen LogP contribution in [0.3, 0.4) is 0 Å². The van der Waals surface area contributed by atoms with E-state index in [0.29, 0.717) is 36.6 Å². The van der Waals surface area contributed by atoms with E-state index in [1.54, 1.807) is 48.5 Å². The van der Waals surface area contributed by atoms with E-state index in [2.05, 4.69) is 29.4 Å². The lowest BCUT2D eigenvalue weighted by Gasteiger charge is -2.40. The van der Waals surface area contributed by atoms with Crippen LogP contribution in [0.25, 0.3) is 0 Å². The average molecular weight is 381 g/mol. The van der Waals surface area contributed by atoms with Crippen LogP contribution in [0.5, 0.6) is 0 Å². The second-order valence-corrected chi connectivity index (χ2v) is 7.46. The fraction of sp³-hybridized carbons (Fsp3) is 0.364. The van der Waals surface area contributed by atoms with E-state index in [4.69, 9.17) is 4.74 Å². The normalized spacial score (nSPS) is 15.1. The fourth-order valence-corrected chi connectivity index (χ4v) is 3.25. The van der Waals surface area contributed by atoms with Gasteiger partial charge in [-0.3, -0.25) is 14.5 Å². The standard InChI is InChI=1S/C22H27N3O3/c1-22(2,25-12-14-28-15-13-25)16-23-21(27)18-10-6-7-11-19(18)24-20(26)17-8-4-3-5-9-17/h3-11H,12-16H2,1-2H3,(H,23,27)(H,24,26). The van der Waals surface area contributed by atoms with Gasteiger partial charge in [-0.05, 0) is 38.1 Å². The molecule has 0 bridgehead atoms. The molecule has 1 heterocycles. The van der Waals surface area contributed by atoms with Crippen LogP contribution in [0.2, 0.25) is 0 Å². The number of hydrogen-bond acceptors (Lipinski definition) is 4. The lowest BCUT2D eigenvalue weighted by Crippen LogP contribution is -2.55. The minimum absolute atomic E-state index is 0.179. The first-order valence-corrected chi connectivity index (χ1v) is 9.54. The third kappa shape index (κ3) is 4.97. The SMILES string of the molecule is CC(C)(CNC(=O)c1ccccc1NC(=O)c1ccccc1)N1CCOCC1. The molecule has 2 aromatic carbocycles. The van der Waals surface area contributed by atoms with Gasteiger partial charge in [0.25, 0.3) is 11.8 Å². The first-order valence-electron chi connectivity index (χ1n) is 9.54. The van der Waals surface area contributed by atoms with Crippen molar-refractivity contribution in [3.05, 3.63) is 65.7 Å². The van der Waals surface area contributed by atoms with Crippen molar-refractivity contribution in [1.82, 2.24) is 10.2 Å². The summed E-state index contributed by atoms with van der Waals surface area (Å²) < 4.78 is 5.41. The zero-order chi connectivity index (χ0) is 20.0. The monoisotopic (exact) mass is 381 g/mol. The molecule has 2 aromatic rings. The van der Waals surface area contributed by atoms with Gasteiger partial charge in [0, 0.05) is 30.7 Å². The highest BCUT2D eigenvalue weighted by molar-refractivity contribution is 6.08. The number of carbonyl (C=O) groups is 2. The number of carbonyl (C=O) groups excluding carboxylic acids is 2. The van der Waals surface area contributed by atoms with Gasteiger partial charge in [-0.25, -0.2) is 0 Å². The molecule has 148 valence electrons. The summed E-state index contributed by atoms with van der Waals surface area (Å²) in [5, 5.41) is 5.86. The van der Waals surface area contributed by atoms with E-state index in [1.165, 1.54) is 0 Å². The first kappa shape index (κ1) is 20.0. The number of morpholine rings is 1. The summed E-state index contributed by atoms with van der Waals surface area (Å²) in [6, 6.07) is 16.0. The molecule has 1 aliphatic rings.